The van der Waals surface area contributed by atoms with E-state index in [0.717, 1.165) is 0 Å². The molecule has 0 amide bonds. The molecule has 0 saturated heterocycles. The molecule has 2 heteroatoms. The molecule has 0 aromatic carbocycles. The van der Waals surface area contributed by atoms with Crippen LogP contribution in [-0.4, -0.2) is 11.2 Å². The molecule has 1 nitrogen and oxygen atoms in total. The maximum atomic E-state index is 9.08. The molecule has 10 heavy (non-hydrogen) atoms. The van der Waals surface area contributed by atoms with Crippen LogP contribution in [0.2, 0.25) is 0 Å². The molecule has 0 aromatic heterocycles. The van der Waals surface area contributed by atoms with Gasteiger partial charge >= 0.3 is 21.1 Å². The van der Waals surface area contributed by atoms with E-state index in [4.69, 9.17) is 5.11 Å². The number of aliphatic hydroxyl groups is 1. The topological polar surface area (TPSA) is 20.2 Å². The van der Waals surface area contributed by atoms with E-state index in [2.05, 4.69) is 27.7 Å². The third kappa shape index (κ3) is 8.65. The molecule has 0 aliphatic carbocycles. The van der Waals surface area contributed by atoms with E-state index in [-0.39, 0.29) is 32.6 Å². The molecule has 0 aromatic rings. The monoisotopic (exact) mass is 312 g/mol. The van der Waals surface area contributed by atoms with Gasteiger partial charge in [0, 0.05) is 0 Å². The van der Waals surface area contributed by atoms with Crippen molar-refractivity contribution in [2.75, 3.05) is 0 Å². The Labute approximate surface area is 78.5 Å². The van der Waals surface area contributed by atoms with Gasteiger partial charge in [-0.15, -0.1) is 0 Å². The summed E-state index contributed by atoms with van der Waals surface area (Å²) in [5, 5.41) is 9.08. The number of hydrogen-bond donors (Lipinski definition) is 1. The van der Waals surface area contributed by atoms with Crippen LogP contribution < -0.4 is 0 Å². The summed E-state index contributed by atoms with van der Waals surface area (Å²) in [6.07, 6.45) is 2.13. The first-order valence-corrected chi connectivity index (χ1v) is 3.29. The zero-order valence-corrected chi connectivity index (χ0v) is 9.86. The molecule has 0 rings (SSSR count). The first-order chi connectivity index (χ1) is 3.95. The van der Waals surface area contributed by atoms with Gasteiger partial charge in [-0.1, -0.05) is 26.9 Å². The summed E-state index contributed by atoms with van der Waals surface area (Å²) >= 11 is 0. The zero-order valence-electron chi connectivity index (χ0n) is 6.92. The van der Waals surface area contributed by atoms with Crippen LogP contribution in [0.1, 0.15) is 27.2 Å². The van der Waals surface area contributed by atoms with Crippen LogP contribution in [0.3, 0.4) is 0 Å². The molecular formula is C8H16OW. The van der Waals surface area contributed by atoms with E-state index in [1.54, 1.807) is 0 Å². The second-order valence-electron chi connectivity index (χ2n) is 3.39. The van der Waals surface area contributed by atoms with Crippen molar-refractivity contribution >= 4 is 0 Å². The van der Waals surface area contributed by atoms with Gasteiger partial charge in [-0.2, -0.15) is 11.8 Å². The van der Waals surface area contributed by atoms with Gasteiger partial charge in [0.1, 0.15) is 0 Å². The average Bonchev–Trinajstić information content (AvgIpc) is 1.62. The van der Waals surface area contributed by atoms with E-state index >= 15 is 0 Å². The van der Waals surface area contributed by atoms with Crippen molar-refractivity contribution in [1.29, 1.82) is 0 Å². The first kappa shape index (κ1) is 13.3. The maximum absolute atomic E-state index is 9.08. The summed E-state index contributed by atoms with van der Waals surface area (Å²) in [4.78, 5) is 0. The van der Waals surface area contributed by atoms with Gasteiger partial charge in [0.25, 0.3) is 0 Å². The van der Waals surface area contributed by atoms with E-state index < -0.39 is 0 Å². The second-order valence-corrected chi connectivity index (χ2v) is 3.39. The largest absolute Gasteiger partial charge is 2.00 e. The van der Waals surface area contributed by atoms with Crippen LogP contribution in [0.15, 0.2) is 0 Å². The van der Waals surface area contributed by atoms with Gasteiger partial charge in [-0.05, 0) is 0 Å². The predicted molar refractivity (Wildman–Crippen MR) is 39.7 cm³/mol. The van der Waals surface area contributed by atoms with Crippen molar-refractivity contribution in [3.63, 3.8) is 0 Å². The van der Waals surface area contributed by atoms with Crippen LogP contribution in [-0.2, 0) is 21.1 Å². The van der Waals surface area contributed by atoms with Crippen molar-refractivity contribution in [2.45, 2.75) is 33.3 Å². The van der Waals surface area contributed by atoms with Crippen LogP contribution in [0.4, 0.5) is 0 Å². The van der Waals surface area contributed by atoms with Gasteiger partial charge in [0.05, 0.1) is 0 Å². The van der Waals surface area contributed by atoms with E-state index in [1.165, 1.54) is 0 Å². The zero-order chi connectivity index (χ0) is 7.49. The average molecular weight is 312 g/mol. The summed E-state index contributed by atoms with van der Waals surface area (Å²) < 4.78 is 0. The van der Waals surface area contributed by atoms with E-state index in [1.807, 2.05) is 6.42 Å². The maximum Gasteiger partial charge on any atom is 2.00 e. The Hall–Kier alpha value is 0.648. The summed E-state index contributed by atoms with van der Waals surface area (Å²) in [6, 6.07) is 0. The molecule has 0 fully saturated rings. The SMILES string of the molecule is [CH2-]CC(O)[CH-]C(C)(C)C.[W+2]. The molecule has 0 aliphatic rings. The molecular weight excluding hydrogens is 296 g/mol. The smallest absolute Gasteiger partial charge is 0.428 e. The third-order valence-electron chi connectivity index (χ3n) is 0.988. The van der Waals surface area contributed by atoms with Crippen LogP contribution in [0.25, 0.3) is 0 Å². The fourth-order valence-electron chi connectivity index (χ4n) is 0.660. The Kier molecular flexibility index (Phi) is 7.05. The summed E-state index contributed by atoms with van der Waals surface area (Å²) in [5.74, 6) is 0. The predicted octanol–water partition coefficient (Wildman–Crippen LogP) is 1.82. The molecule has 60 valence electrons. The third-order valence-corrected chi connectivity index (χ3v) is 0.988. The Balaban J connectivity index is 0. The minimum Gasteiger partial charge on any atom is -0.428 e. The van der Waals surface area contributed by atoms with Crippen LogP contribution >= 0.6 is 0 Å². The van der Waals surface area contributed by atoms with Crippen molar-refractivity contribution in [1.82, 2.24) is 0 Å². The van der Waals surface area contributed by atoms with Gasteiger partial charge in [-0.3, -0.25) is 6.42 Å². The summed E-state index contributed by atoms with van der Waals surface area (Å²) in [5.41, 5.74) is 0.108. The quantitative estimate of drug-likeness (QED) is 0.771. The number of hydrogen-bond acceptors (Lipinski definition) is 1. The van der Waals surface area contributed by atoms with Gasteiger partial charge in [-0.25, -0.2) is 0 Å². The Bertz CT molecular complexity index is 75.8. The molecule has 1 atom stereocenters. The van der Waals surface area contributed by atoms with Gasteiger partial charge in [0.15, 0.2) is 0 Å². The normalized spacial score (nSPS) is 14.1. The number of rotatable bonds is 2. The minimum absolute atomic E-state index is 0. The molecule has 0 saturated carbocycles. The summed E-state index contributed by atoms with van der Waals surface area (Å²) in [6.45, 7) is 9.77. The van der Waals surface area contributed by atoms with Crippen LogP contribution in [0.5, 0.6) is 0 Å². The molecule has 1 N–H and O–H groups in total. The van der Waals surface area contributed by atoms with Crippen LogP contribution in [0, 0.1) is 18.8 Å². The number of aliphatic hydroxyl groups excluding tert-OH is 1. The molecule has 0 spiro atoms. The van der Waals surface area contributed by atoms with Gasteiger partial charge in [0.2, 0.25) is 0 Å². The molecule has 0 aliphatic heterocycles. The van der Waals surface area contributed by atoms with E-state index in [0.29, 0.717) is 6.42 Å². The molecule has 1 unspecified atom stereocenters. The molecule has 0 heterocycles. The molecule has 0 radical (unpaired) electrons. The van der Waals surface area contributed by atoms with Crippen molar-refractivity contribution in [2.24, 2.45) is 5.41 Å². The fourth-order valence-corrected chi connectivity index (χ4v) is 0.660. The van der Waals surface area contributed by atoms with Gasteiger partial charge < -0.3 is 12.0 Å². The van der Waals surface area contributed by atoms with Crippen molar-refractivity contribution in [3.05, 3.63) is 13.3 Å². The van der Waals surface area contributed by atoms with Crippen molar-refractivity contribution < 1.29 is 26.2 Å². The van der Waals surface area contributed by atoms with Crippen molar-refractivity contribution in [3.8, 4) is 0 Å². The first-order valence-electron chi connectivity index (χ1n) is 3.29. The fraction of sp³-hybridized carbons (Fsp3) is 0.750. The Morgan fingerprint density at radius 1 is 1.50 bits per heavy atom. The standard InChI is InChI=1S/C8H16O.W/c1-5-7(9)6-8(2,3)4;/h6-7,9H,1,5H2,2-4H3;/q-2;+2. The second kappa shape index (κ2) is 5.32. The molecule has 0 bridgehead atoms. The Morgan fingerprint density at radius 2 is 1.90 bits per heavy atom. The summed E-state index contributed by atoms with van der Waals surface area (Å²) in [7, 11) is 0. The Morgan fingerprint density at radius 3 is 2.00 bits per heavy atom. The minimum atomic E-state index is -0.343. The van der Waals surface area contributed by atoms with E-state index in [9.17, 15) is 0 Å².